The van der Waals surface area contributed by atoms with Gasteiger partial charge in [0, 0.05) is 12.1 Å². The summed E-state index contributed by atoms with van der Waals surface area (Å²) in [4.78, 5) is 0. The fourth-order valence-electron chi connectivity index (χ4n) is 2.89. The summed E-state index contributed by atoms with van der Waals surface area (Å²) in [7, 11) is 0. The van der Waals surface area contributed by atoms with Crippen LogP contribution in [0.2, 0.25) is 0 Å². The summed E-state index contributed by atoms with van der Waals surface area (Å²) in [6, 6.07) is 1.57. The lowest BCUT2D eigenvalue weighted by atomic mass is 9.82. The van der Waals surface area contributed by atoms with Crippen molar-refractivity contribution < 1.29 is 0 Å². The molecule has 0 aromatic carbocycles. The van der Waals surface area contributed by atoms with Gasteiger partial charge in [0.15, 0.2) is 0 Å². The molecule has 0 atom stereocenters. The lowest BCUT2D eigenvalue weighted by Crippen LogP contribution is -2.43. The molecule has 0 spiro atoms. The van der Waals surface area contributed by atoms with Crippen LogP contribution >= 0.6 is 0 Å². The minimum absolute atomic E-state index is 0.506. The van der Waals surface area contributed by atoms with E-state index in [0.29, 0.717) is 10.8 Å². The van der Waals surface area contributed by atoms with Gasteiger partial charge in [-0.2, -0.15) is 0 Å². The molecule has 1 nitrogen and oxygen atoms in total. The Kier molecular flexibility index (Phi) is 1.83. The Balaban J connectivity index is 1.85. The number of hydrogen-bond donors (Lipinski definition) is 1. The van der Waals surface area contributed by atoms with Crippen LogP contribution in [0.5, 0.6) is 0 Å². The molecular formula is C12H23N. The van der Waals surface area contributed by atoms with Crippen LogP contribution in [0.3, 0.4) is 0 Å². The molecular weight excluding hydrogens is 158 g/mol. The molecule has 0 aromatic rings. The van der Waals surface area contributed by atoms with E-state index in [2.05, 4.69) is 39.9 Å². The predicted octanol–water partition coefficient (Wildman–Crippen LogP) is 2.81. The van der Waals surface area contributed by atoms with Gasteiger partial charge in [0.25, 0.3) is 0 Å². The number of hydrogen-bond acceptors (Lipinski definition) is 1. The maximum absolute atomic E-state index is 3.80. The number of nitrogens with one attached hydrogen (secondary N) is 1. The van der Waals surface area contributed by atoms with Crippen molar-refractivity contribution in [2.24, 2.45) is 16.7 Å². The van der Waals surface area contributed by atoms with Gasteiger partial charge >= 0.3 is 0 Å². The molecule has 2 saturated carbocycles. The van der Waals surface area contributed by atoms with Crippen molar-refractivity contribution >= 4 is 0 Å². The van der Waals surface area contributed by atoms with E-state index in [0.717, 1.165) is 18.0 Å². The van der Waals surface area contributed by atoms with Crippen molar-refractivity contribution in [1.82, 2.24) is 5.32 Å². The van der Waals surface area contributed by atoms with Crippen LogP contribution in [0.25, 0.3) is 0 Å². The zero-order valence-electron chi connectivity index (χ0n) is 9.65. The van der Waals surface area contributed by atoms with E-state index in [1.54, 1.807) is 0 Å². The van der Waals surface area contributed by atoms with Crippen LogP contribution in [-0.4, -0.2) is 12.1 Å². The smallest absolute Gasteiger partial charge is 0.0183 e. The molecule has 0 aliphatic heterocycles. The van der Waals surface area contributed by atoms with Gasteiger partial charge in [0.05, 0.1) is 0 Å². The van der Waals surface area contributed by atoms with E-state index in [1.165, 1.54) is 12.8 Å². The van der Waals surface area contributed by atoms with Gasteiger partial charge in [-0.25, -0.2) is 0 Å². The van der Waals surface area contributed by atoms with Crippen LogP contribution in [0.15, 0.2) is 0 Å². The van der Waals surface area contributed by atoms with Crippen LogP contribution in [0, 0.1) is 16.7 Å². The highest BCUT2D eigenvalue weighted by Crippen LogP contribution is 2.63. The van der Waals surface area contributed by atoms with E-state index in [1.807, 2.05) is 0 Å². The highest BCUT2D eigenvalue weighted by molar-refractivity contribution is 5.18. The maximum atomic E-state index is 3.80. The Morgan fingerprint density at radius 2 is 1.46 bits per heavy atom. The second-order valence-corrected chi connectivity index (χ2v) is 6.32. The number of rotatable bonds is 2. The second-order valence-electron chi connectivity index (χ2n) is 6.32. The molecule has 0 heterocycles. The van der Waals surface area contributed by atoms with Crippen molar-refractivity contribution in [3.05, 3.63) is 0 Å². The molecule has 2 rings (SSSR count). The van der Waals surface area contributed by atoms with Crippen molar-refractivity contribution in [2.75, 3.05) is 0 Å². The topological polar surface area (TPSA) is 12.0 Å². The average molecular weight is 181 g/mol. The molecule has 2 aliphatic carbocycles. The molecule has 13 heavy (non-hydrogen) atoms. The van der Waals surface area contributed by atoms with Gasteiger partial charge in [-0.15, -0.1) is 0 Å². The SMILES string of the molecule is CC1CC(NC2C(C)(C)C2(C)C)C1. The third-order valence-corrected chi connectivity index (χ3v) is 4.80. The Labute approximate surface area is 82.3 Å². The van der Waals surface area contributed by atoms with Gasteiger partial charge < -0.3 is 5.32 Å². The van der Waals surface area contributed by atoms with Crippen molar-refractivity contribution in [2.45, 2.75) is 59.5 Å². The van der Waals surface area contributed by atoms with Crippen molar-refractivity contribution in [3.63, 3.8) is 0 Å². The van der Waals surface area contributed by atoms with E-state index in [-0.39, 0.29) is 0 Å². The van der Waals surface area contributed by atoms with E-state index in [9.17, 15) is 0 Å². The van der Waals surface area contributed by atoms with Gasteiger partial charge in [-0.1, -0.05) is 34.6 Å². The van der Waals surface area contributed by atoms with E-state index < -0.39 is 0 Å². The quantitative estimate of drug-likeness (QED) is 0.690. The Bertz CT molecular complexity index is 197. The fraction of sp³-hybridized carbons (Fsp3) is 1.00. The standard InChI is InChI=1S/C12H23N/c1-8-6-9(7-8)13-10-11(2,3)12(10,4)5/h8-10,13H,6-7H2,1-5H3. The van der Waals surface area contributed by atoms with Crippen LogP contribution in [0.1, 0.15) is 47.5 Å². The lowest BCUT2D eigenvalue weighted by Gasteiger charge is -2.34. The van der Waals surface area contributed by atoms with Crippen LogP contribution < -0.4 is 5.32 Å². The Morgan fingerprint density at radius 1 is 1.00 bits per heavy atom. The fourth-order valence-corrected chi connectivity index (χ4v) is 2.89. The van der Waals surface area contributed by atoms with Gasteiger partial charge in [0.1, 0.15) is 0 Å². The summed E-state index contributed by atoms with van der Waals surface area (Å²) in [5.74, 6) is 0.961. The highest BCUT2D eigenvalue weighted by atomic mass is 15.1. The first kappa shape index (κ1) is 9.51. The van der Waals surface area contributed by atoms with Crippen molar-refractivity contribution in [1.29, 1.82) is 0 Å². The molecule has 0 amide bonds. The molecule has 2 aliphatic rings. The molecule has 1 N–H and O–H groups in total. The molecule has 0 unspecified atom stereocenters. The third-order valence-electron chi connectivity index (χ3n) is 4.80. The minimum Gasteiger partial charge on any atom is -0.310 e. The molecule has 0 radical (unpaired) electrons. The molecule has 76 valence electrons. The molecule has 2 fully saturated rings. The van der Waals surface area contributed by atoms with Gasteiger partial charge in [0.2, 0.25) is 0 Å². The summed E-state index contributed by atoms with van der Waals surface area (Å²) >= 11 is 0. The van der Waals surface area contributed by atoms with E-state index >= 15 is 0 Å². The summed E-state index contributed by atoms with van der Waals surface area (Å²) in [5.41, 5.74) is 1.01. The first-order valence-corrected chi connectivity index (χ1v) is 5.62. The van der Waals surface area contributed by atoms with E-state index in [4.69, 9.17) is 0 Å². The van der Waals surface area contributed by atoms with Crippen molar-refractivity contribution in [3.8, 4) is 0 Å². The normalized spacial score (nSPS) is 41.3. The minimum atomic E-state index is 0.506. The molecule has 1 heteroatoms. The predicted molar refractivity (Wildman–Crippen MR) is 56.7 cm³/mol. The van der Waals surface area contributed by atoms with Gasteiger partial charge in [-0.05, 0) is 29.6 Å². The Morgan fingerprint density at radius 3 is 1.77 bits per heavy atom. The molecule has 0 aromatic heterocycles. The first-order valence-electron chi connectivity index (χ1n) is 5.62. The zero-order chi connectivity index (χ0) is 9.85. The van der Waals surface area contributed by atoms with Crippen LogP contribution in [-0.2, 0) is 0 Å². The Hall–Kier alpha value is -0.0400. The summed E-state index contributed by atoms with van der Waals surface area (Å²) in [5, 5.41) is 3.80. The molecule has 0 bridgehead atoms. The zero-order valence-corrected chi connectivity index (χ0v) is 9.65. The second kappa shape index (κ2) is 2.50. The summed E-state index contributed by atoms with van der Waals surface area (Å²) < 4.78 is 0. The van der Waals surface area contributed by atoms with Crippen LogP contribution in [0.4, 0.5) is 0 Å². The summed E-state index contributed by atoms with van der Waals surface area (Å²) in [6.07, 6.45) is 2.78. The monoisotopic (exact) mass is 181 g/mol. The maximum Gasteiger partial charge on any atom is 0.0183 e. The summed E-state index contributed by atoms with van der Waals surface area (Å²) in [6.45, 7) is 11.9. The highest BCUT2D eigenvalue weighted by Gasteiger charge is 2.65. The first-order chi connectivity index (χ1) is 5.85. The lowest BCUT2D eigenvalue weighted by molar-refractivity contribution is 0.230. The molecule has 0 saturated heterocycles. The largest absolute Gasteiger partial charge is 0.310 e. The van der Waals surface area contributed by atoms with Gasteiger partial charge in [-0.3, -0.25) is 0 Å². The third kappa shape index (κ3) is 1.24. The average Bonchev–Trinajstić information content (AvgIpc) is 2.28.